The van der Waals surface area contributed by atoms with Crippen LogP contribution in [-0.2, 0) is 0 Å². The molecule has 0 saturated carbocycles. The van der Waals surface area contributed by atoms with Gasteiger partial charge in [0.25, 0.3) is 0 Å². The Labute approximate surface area is 104 Å². The second kappa shape index (κ2) is 4.65. The lowest BCUT2D eigenvalue weighted by molar-refractivity contribution is 0.227. The molecular formula is C10H9BrO2S2. The minimum atomic E-state index is -0.562. The van der Waals surface area contributed by atoms with E-state index in [4.69, 9.17) is 4.74 Å². The summed E-state index contributed by atoms with van der Waals surface area (Å²) in [5.74, 6) is 0.793. The highest BCUT2D eigenvalue weighted by molar-refractivity contribution is 9.10. The Morgan fingerprint density at radius 3 is 2.80 bits per heavy atom. The zero-order chi connectivity index (χ0) is 10.8. The zero-order valence-electron chi connectivity index (χ0n) is 7.94. The summed E-state index contributed by atoms with van der Waals surface area (Å²) in [4.78, 5) is 1.83. The van der Waals surface area contributed by atoms with Crippen LogP contribution in [0, 0.1) is 0 Å². The average Bonchev–Trinajstić information content (AvgIpc) is 2.84. The molecule has 2 rings (SSSR count). The fourth-order valence-electron chi connectivity index (χ4n) is 1.21. The number of ether oxygens (including phenoxy) is 1. The van der Waals surface area contributed by atoms with Gasteiger partial charge < -0.3 is 9.84 Å². The fourth-order valence-corrected chi connectivity index (χ4v) is 3.73. The first kappa shape index (κ1) is 11.1. The zero-order valence-corrected chi connectivity index (χ0v) is 11.2. The number of hydrogen-bond donors (Lipinski definition) is 1. The summed E-state index contributed by atoms with van der Waals surface area (Å²) in [6.45, 7) is 0. The first-order valence-electron chi connectivity index (χ1n) is 4.25. The SMILES string of the molecule is COc1csc(C(O)c2sccc2Br)c1. The molecule has 80 valence electrons. The lowest BCUT2D eigenvalue weighted by atomic mass is 10.2. The molecule has 0 bridgehead atoms. The molecule has 1 N–H and O–H groups in total. The molecule has 0 aliphatic carbocycles. The maximum absolute atomic E-state index is 10.1. The van der Waals surface area contributed by atoms with E-state index in [2.05, 4.69) is 15.9 Å². The second-order valence-electron chi connectivity index (χ2n) is 2.92. The number of aliphatic hydroxyl groups is 1. The van der Waals surface area contributed by atoms with Crippen LogP contribution >= 0.6 is 38.6 Å². The van der Waals surface area contributed by atoms with E-state index in [0.29, 0.717) is 0 Å². The summed E-state index contributed by atoms with van der Waals surface area (Å²) >= 11 is 6.45. The molecule has 1 atom stereocenters. The highest BCUT2D eigenvalue weighted by atomic mass is 79.9. The summed E-state index contributed by atoms with van der Waals surface area (Å²) in [6, 6.07) is 3.80. The average molecular weight is 305 g/mol. The Morgan fingerprint density at radius 1 is 1.47 bits per heavy atom. The Bertz CT molecular complexity index is 450. The van der Waals surface area contributed by atoms with Gasteiger partial charge in [-0.2, -0.15) is 0 Å². The van der Waals surface area contributed by atoms with E-state index in [-0.39, 0.29) is 0 Å². The van der Waals surface area contributed by atoms with Crippen molar-refractivity contribution in [3.63, 3.8) is 0 Å². The summed E-state index contributed by atoms with van der Waals surface area (Å²) < 4.78 is 6.03. The number of rotatable bonds is 3. The number of halogens is 1. The number of thiophene rings is 2. The maximum atomic E-state index is 10.1. The normalized spacial score (nSPS) is 12.7. The predicted molar refractivity (Wildman–Crippen MR) is 67.0 cm³/mol. The molecule has 2 heterocycles. The minimum Gasteiger partial charge on any atom is -0.496 e. The molecule has 0 radical (unpaired) electrons. The van der Waals surface area contributed by atoms with Gasteiger partial charge in [0, 0.05) is 14.7 Å². The fraction of sp³-hybridized carbons (Fsp3) is 0.200. The molecule has 5 heteroatoms. The van der Waals surface area contributed by atoms with Crippen LogP contribution in [0.1, 0.15) is 15.9 Å². The van der Waals surface area contributed by atoms with Gasteiger partial charge in [-0.25, -0.2) is 0 Å². The predicted octanol–water partition coefficient (Wildman–Crippen LogP) is 3.66. The topological polar surface area (TPSA) is 29.5 Å². The van der Waals surface area contributed by atoms with Gasteiger partial charge in [0.05, 0.1) is 12.0 Å². The number of methoxy groups -OCH3 is 1. The van der Waals surface area contributed by atoms with Crippen LogP contribution in [0.2, 0.25) is 0 Å². The van der Waals surface area contributed by atoms with E-state index in [0.717, 1.165) is 20.0 Å². The van der Waals surface area contributed by atoms with Crippen LogP contribution in [0.25, 0.3) is 0 Å². The summed E-state index contributed by atoms with van der Waals surface area (Å²) in [7, 11) is 1.62. The maximum Gasteiger partial charge on any atom is 0.129 e. The molecule has 0 fully saturated rings. The van der Waals surface area contributed by atoms with Crippen LogP contribution in [0.5, 0.6) is 5.75 Å². The lowest BCUT2D eigenvalue weighted by Crippen LogP contribution is -1.94. The smallest absolute Gasteiger partial charge is 0.129 e. The Balaban J connectivity index is 2.28. The molecule has 2 aromatic heterocycles. The number of hydrogen-bond acceptors (Lipinski definition) is 4. The lowest BCUT2D eigenvalue weighted by Gasteiger charge is -2.06. The Morgan fingerprint density at radius 2 is 2.27 bits per heavy atom. The van der Waals surface area contributed by atoms with Gasteiger partial charge in [0.2, 0.25) is 0 Å². The van der Waals surface area contributed by atoms with Crippen LogP contribution in [-0.4, -0.2) is 12.2 Å². The van der Waals surface area contributed by atoms with Gasteiger partial charge in [0.15, 0.2) is 0 Å². The van der Waals surface area contributed by atoms with E-state index in [1.54, 1.807) is 7.11 Å². The third-order valence-corrected chi connectivity index (χ3v) is 4.88. The van der Waals surface area contributed by atoms with E-state index in [1.807, 2.05) is 22.9 Å². The van der Waals surface area contributed by atoms with Crippen molar-refractivity contribution < 1.29 is 9.84 Å². The summed E-state index contributed by atoms with van der Waals surface area (Å²) in [5, 5.41) is 13.9. The van der Waals surface area contributed by atoms with Crippen molar-refractivity contribution in [3.8, 4) is 5.75 Å². The number of aliphatic hydroxyl groups excluding tert-OH is 1. The Kier molecular flexibility index (Phi) is 3.45. The van der Waals surface area contributed by atoms with Crippen LogP contribution in [0.4, 0.5) is 0 Å². The highest BCUT2D eigenvalue weighted by Crippen LogP contribution is 2.36. The van der Waals surface area contributed by atoms with Gasteiger partial charge in [-0.1, -0.05) is 0 Å². The van der Waals surface area contributed by atoms with Crippen LogP contribution < -0.4 is 4.74 Å². The van der Waals surface area contributed by atoms with E-state index in [1.165, 1.54) is 22.7 Å². The Hall–Kier alpha value is -0.360. The molecule has 15 heavy (non-hydrogen) atoms. The van der Waals surface area contributed by atoms with Gasteiger partial charge in [-0.05, 0) is 33.4 Å². The highest BCUT2D eigenvalue weighted by Gasteiger charge is 2.17. The third kappa shape index (κ3) is 2.25. The first-order valence-corrected chi connectivity index (χ1v) is 6.81. The van der Waals surface area contributed by atoms with E-state index < -0.39 is 6.10 Å². The molecule has 0 aliphatic rings. The van der Waals surface area contributed by atoms with Gasteiger partial charge in [0.1, 0.15) is 11.9 Å². The van der Waals surface area contributed by atoms with Crippen LogP contribution in [0.3, 0.4) is 0 Å². The van der Waals surface area contributed by atoms with Crippen molar-refractivity contribution in [1.82, 2.24) is 0 Å². The van der Waals surface area contributed by atoms with E-state index >= 15 is 0 Å². The first-order chi connectivity index (χ1) is 7.22. The molecule has 0 aromatic carbocycles. The molecule has 1 unspecified atom stereocenters. The molecule has 0 saturated heterocycles. The molecule has 2 aromatic rings. The van der Waals surface area contributed by atoms with Crippen molar-refractivity contribution in [2.75, 3.05) is 7.11 Å². The van der Waals surface area contributed by atoms with Crippen molar-refractivity contribution >= 4 is 38.6 Å². The van der Waals surface area contributed by atoms with Crippen molar-refractivity contribution in [3.05, 3.63) is 37.1 Å². The molecule has 0 spiro atoms. The monoisotopic (exact) mass is 304 g/mol. The molecule has 2 nitrogen and oxygen atoms in total. The van der Waals surface area contributed by atoms with Crippen molar-refractivity contribution in [2.45, 2.75) is 6.10 Å². The van der Waals surface area contributed by atoms with E-state index in [9.17, 15) is 5.11 Å². The van der Waals surface area contributed by atoms with Gasteiger partial charge >= 0.3 is 0 Å². The van der Waals surface area contributed by atoms with Gasteiger partial charge in [-0.3, -0.25) is 0 Å². The van der Waals surface area contributed by atoms with Crippen molar-refractivity contribution in [1.29, 1.82) is 0 Å². The quantitative estimate of drug-likeness (QED) is 0.937. The third-order valence-electron chi connectivity index (χ3n) is 1.99. The second-order valence-corrected chi connectivity index (χ2v) is 5.67. The van der Waals surface area contributed by atoms with Crippen LogP contribution in [0.15, 0.2) is 27.4 Å². The largest absolute Gasteiger partial charge is 0.496 e. The molecule has 0 aliphatic heterocycles. The minimum absolute atomic E-state index is 0.562. The van der Waals surface area contributed by atoms with Crippen molar-refractivity contribution in [2.24, 2.45) is 0 Å². The standard InChI is InChI=1S/C10H9BrO2S2/c1-13-6-4-8(15-5-6)9(12)10-7(11)2-3-14-10/h2-5,9,12H,1H3. The molecule has 0 amide bonds. The molecular weight excluding hydrogens is 296 g/mol. The summed E-state index contributed by atoms with van der Waals surface area (Å²) in [6.07, 6.45) is -0.562. The van der Waals surface area contributed by atoms with Gasteiger partial charge in [-0.15, -0.1) is 22.7 Å². The summed E-state index contributed by atoms with van der Waals surface area (Å²) in [5.41, 5.74) is 0.